The number of hydrogen-bond acceptors (Lipinski definition) is 4. The van der Waals surface area contributed by atoms with Crippen molar-refractivity contribution in [3.05, 3.63) is 94.6 Å². The molecule has 7 heteroatoms. The van der Waals surface area contributed by atoms with Gasteiger partial charge in [-0.15, -0.1) is 0 Å². The number of nitrogens with one attached hydrogen (secondary N) is 2. The molecule has 3 N–H and O–H groups in total. The van der Waals surface area contributed by atoms with Crippen LogP contribution in [0.2, 0.25) is 5.02 Å². The molecule has 1 atom stereocenters. The van der Waals surface area contributed by atoms with Gasteiger partial charge < -0.3 is 19.6 Å². The molecule has 0 amide bonds. The summed E-state index contributed by atoms with van der Waals surface area (Å²) < 4.78 is 11.6. The quantitative estimate of drug-likeness (QED) is 0.300. The maximum Gasteiger partial charge on any atom is 0.321 e. The Kier molecular flexibility index (Phi) is 7.17. The van der Waals surface area contributed by atoms with Crippen LogP contribution in [-0.2, 0) is 24.4 Å². The number of halogens is 1. The molecule has 0 saturated heterocycles. The third-order valence-corrected chi connectivity index (χ3v) is 5.72. The van der Waals surface area contributed by atoms with Gasteiger partial charge in [-0.05, 0) is 35.4 Å². The van der Waals surface area contributed by atoms with Crippen LogP contribution in [0.15, 0.2) is 72.9 Å². The number of aromatic nitrogens is 1. The average Bonchev–Trinajstić information content (AvgIpc) is 3.23. The molecule has 0 aliphatic rings. The van der Waals surface area contributed by atoms with Crippen molar-refractivity contribution < 1.29 is 19.4 Å². The molecule has 3 aromatic carbocycles. The van der Waals surface area contributed by atoms with Crippen molar-refractivity contribution in [2.24, 2.45) is 0 Å². The molecule has 0 bridgehead atoms. The van der Waals surface area contributed by atoms with Crippen molar-refractivity contribution in [3.63, 3.8) is 0 Å². The minimum Gasteiger partial charge on any atom is -0.493 e. The van der Waals surface area contributed by atoms with Crippen molar-refractivity contribution >= 4 is 28.5 Å². The van der Waals surface area contributed by atoms with Gasteiger partial charge >= 0.3 is 5.97 Å². The van der Waals surface area contributed by atoms with Gasteiger partial charge in [0, 0.05) is 40.7 Å². The Morgan fingerprint density at radius 2 is 1.91 bits per heavy atom. The number of carbonyl (C=O) groups is 1. The van der Waals surface area contributed by atoms with E-state index in [0.29, 0.717) is 36.1 Å². The number of rotatable bonds is 10. The van der Waals surface area contributed by atoms with Gasteiger partial charge in [0.2, 0.25) is 0 Å². The average molecular weight is 465 g/mol. The third kappa shape index (κ3) is 5.48. The van der Waals surface area contributed by atoms with Crippen LogP contribution >= 0.6 is 11.6 Å². The van der Waals surface area contributed by atoms with Gasteiger partial charge in [-0.25, -0.2) is 0 Å². The number of aliphatic carboxylic acids is 1. The van der Waals surface area contributed by atoms with E-state index in [2.05, 4.69) is 10.3 Å². The molecule has 0 spiro atoms. The summed E-state index contributed by atoms with van der Waals surface area (Å²) in [5.74, 6) is 0.244. The summed E-state index contributed by atoms with van der Waals surface area (Å²) in [6.45, 7) is 0.618. The van der Waals surface area contributed by atoms with Crippen molar-refractivity contribution in [1.82, 2.24) is 10.3 Å². The molecule has 0 aliphatic heterocycles. The van der Waals surface area contributed by atoms with E-state index >= 15 is 0 Å². The van der Waals surface area contributed by atoms with Gasteiger partial charge in [0.25, 0.3) is 0 Å². The predicted octanol–water partition coefficient (Wildman–Crippen LogP) is 5.19. The molecule has 1 heterocycles. The Labute approximate surface area is 197 Å². The van der Waals surface area contributed by atoms with E-state index < -0.39 is 12.0 Å². The lowest BCUT2D eigenvalue weighted by Gasteiger charge is -2.18. The standard InChI is InChI=1S/C26H25ClN2O4/c1-32-24-11-5-7-18(25(24)33-16-17-6-4-8-20(27)12-17)14-29-23(26(30)31)13-19-15-28-22-10-3-2-9-21(19)22/h2-12,15,23,28-29H,13-14,16H2,1H3,(H,30,31)/t23-/m0/s1. The molecular formula is C26H25ClN2O4. The first-order chi connectivity index (χ1) is 16.0. The molecule has 0 saturated carbocycles. The summed E-state index contributed by atoms with van der Waals surface area (Å²) in [7, 11) is 1.58. The highest BCUT2D eigenvalue weighted by atomic mass is 35.5. The first-order valence-corrected chi connectivity index (χ1v) is 11.0. The Morgan fingerprint density at radius 1 is 1.09 bits per heavy atom. The first kappa shape index (κ1) is 22.7. The molecule has 0 aliphatic carbocycles. The van der Waals surface area contributed by atoms with Crippen LogP contribution in [0.5, 0.6) is 11.5 Å². The number of para-hydroxylation sites is 2. The SMILES string of the molecule is COc1cccc(CN[C@@H](Cc2c[nH]c3ccccc23)C(=O)O)c1OCc1cccc(Cl)c1. The number of benzene rings is 3. The summed E-state index contributed by atoms with van der Waals surface area (Å²) in [4.78, 5) is 15.2. The fourth-order valence-corrected chi connectivity index (χ4v) is 4.02. The monoisotopic (exact) mass is 464 g/mol. The van der Waals surface area contributed by atoms with Crippen LogP contribution in [0, 0.1) is 0 Å². The Morgan fingerprint density at radius 3 is 2.70 bits per heavy atom. The van der Waals surface area contributed by atoms with Crippen LogP contribution < -0.4 is 14.8 Å². The largest absolute Gasteiger partial charge is 0.493 e. The minimum absolute atomic E-state index is 0.307. The number of ether oxygens (including phenoxy) is 2. The van der Waals surface area contributed by atoms with E-state index in [4.69, 9.17) is 21.1 Å². The molecule has 4 aromatic rings. The van der Waals surface area contributed by atoms with Crippen LogP contribution in [0.25, 0.3) is 10.9 Å². The highest BCUT2D eigenvalue weighted by Gasteiger charge is 2.21. The number of hydrogen-bond donors (Lipinski definition) is 3. The smallest absolute Gasteiger partial charge is 0.321 e. The van der Waals surface area contributed by atoms with Gasteiger partial charge in [-0.2, -0.15) is 0 Å². The Hall–Kier alpha value is -3.48. The van der Waals surface area contributed by atoms with Crippen molar-refractivity contribution in [3.8, 4) is 11.5 Å². The molecule has 6 nitrogen and oxygen atoms in total. The second-order valence-electron chi connectivity index (χ2n) is 7.70. The van der Waals surface area contributed by atoms with Gasteiger partial charge in [-0.1, -0.05) is 54.1 Å². The Balaban J connectivity index is 1.50. The zero-order chi connectivity index (χ0) is 23.2. The topological polar surface area (TPSA) is 83.6 Å². The fourth-order valence-electron chi connectivity index (χ4n) is 3.81. The first-order valence-electron chi connectivity index (χ1n) is 10.6. The van der Waals surface area contributed by atoms with E-state index in [1.54, 1.807) is 7.11 Å². The van der Waals surface area contributed by atoms with Crippen molar-refractivity contribution in [2.75, 3.05) is 7.11 Å². The minimum atomic E-state index is -0.912. The number of carboxylic acids is 1. The molecule has 0 unspecified atom stereocenters. The maximum absolute atomic E-state index is 12.0. The van der Waals surface area contributed by atoms with Crippen molar-refractivity contribution in [1.29, 1.82) is 0 Å². The lowest BCUT2D eigenvalue weighted by atomic mass is 10.0. The second-order valence-corrected chi connectivity index (χ2v) is 8.14. The summed E-state index contributed by atoms with van der Waals surface area (Å²) >= 11 is 6.08. The number of aromatic amines is 1. The van der Waals surface area contributed by atoms with Crippen LogP contribution in [0.3, 0.4) is 0 Å². The lowest BCUT2D eigenvalue weighted by molar-refractivity contribution is -0.139. The van der Waals surface area contributed by atoms with Crippen LogP contribution in [0.4, 0.5) is 0 Å². The Bertz CT molecular complexity index is 1250. The summed E-state index contributed by atoms with van der Waals surface area (Å²) in [6, 6.07) is 20.1. The number of H-pyrrole nitrogens is 1. The number of fused-ring (bicyclic) bond motifs is 1. The molecular weight excluding hydrogens is 440 g/mol. The van der Waals surface area contributed by atoms with E-state index in [1.165, 1.54) is 0 Å². The molecule has 4 rings (SSSR count). The van der Waals surface area contributed by atoms with Gasteiger partial charge in [0.15, 0.2) is 11.5 Å². The maximum atomic E-state index is 12.0. The van der Waals surface area contributed by atoms with E-state index in [9.17, 15) is 9.90 Å². The number of methoxy groups -OCH3 is 1. The second kappa shape index (κ2) is 10.4. The third-order valence-electron chi connectivity index (χ3n) is 5.49. The van der Waals surface area contributed by atoms with Gasteiger partial charge in [-0.3, -0.25) is 10.1 Å². The number of carboxylic acid groups (broad SMARTS) is 1. The van der Waals surface area contributed by atoms with Gasteiger partial charge in [0.05, 0.1) is 7.11 Å². The molecule has 0 fully saturated rings. The summed E-state index contributed by atoms with van der Waals surface area (Å²) in [5, 5.41) is 14.7. The highest BCUT2D eigenvalue weighted by Crippen LogP contribution is 2.32. The normalized spacial score (nSPS) is 11.9. The fraction of sp³-hybridized carbons (Fsp3) is 0.192. The molecule has 170 valence electrons. The zero-order valence-corrected chi connectivity index (χ0v) is 18.9. The van der Waals surface area contributed by atoms with E-state index in [-0.39, 0.29) is 0 Å². The van der Waals surface area contributed by atoms with E-state index in [1.807, 2.05) is 72.9 Å². The molecule has 33 heavy (non-hydrogen) atoms. The summed E-state index contributed by atoms with van der Waals surface area (Å²) in [5.41, 5.74) is 3.67. The lowest BCUT2D eigenvalue weighted by Crippen LogP contribution is -2.38. The van der Waals surface area contributed by atoms with Gasteiger partial charge in [0.1, 0.15) is 12.6 Å². The molecule has 1 aromatic heterocycles. The van der Waals surface area contributed by atoms with Crippen molar-refractivity contribution in [2.45, 2.75) is 25.6 Å². The van der Waals surface area contributed by atoms with Crippen LogP contribution in [-0.4, -0.2) is 29.2 Å². The zero-order valence-electron chi connectivity index (χ0n) is 18.2. The molecule has 0 radical (unpaired) electrons. The van der Waals surface area contributed by atoms with Crippen LogP contribution in [0.1, 0.15) is 16.7 Å². The summed E-state index contributed by atoms with van der Waals surface area (Å²) in [6.07, 6.45) is 2.22. The predicted molar refractivity (Wildman–Crippen MR) is 129 cm³/mol. The van der Waals surface area contributed by atoms with E-state index in [0.717, 1.165) is 27.6 Å². The highest BCUT2D eigenvalue weighted by molar-refractivity contribution is 6.30.